The van der Waals surface area contributed by atoms with Crippen molar-refractivity contribution in [1.82, 2.24) is 5.32 Å². The van der Waals surface area contributed by atoms with E-state index in [0.717, 1.165) is 24.3 Å². The second-order valence-electron chi connectivity index (χ2n) is 4.67. The average molecular weight is 293 g/mol. The lowest BCUT2D eigenvalue weighted by Gasteiger charge is -2.17. The van der Waals surface area contributed by atoms with Crippen molar-refractivity contribution in [3.8, 4) is 0 Å². The summed E-state index contributed by atoms with van der Waals surface area (Å²) in [7, 11) is 0. The zero-order chi connectivity index (χ0) is 14.3. The normalized spacial score (nSPS) is 13.7. The molecule has 1 aromatic rings. The van der Waals surface area contributed by atoms with Crippen LogP contribution in [0.25, 0.3) is 0 Å². The van der Waals surface area contributed by atoms with Crippen LogP contribution in [0.15, 0.2) is 12.1 Å². The molecule has 0 radical (unpaired) electrons. The molecule has 0 spiro atoms. The van der Waals surface area contributed by atoms with E-state index in [9.17, 15) is 13.2 Å². The van der Waals surface area contributed by atoms with Gasteiger partial charge in [-0.15, -0.1) is 11.3 Å². The van der Waals surface area contributed by atoms with E-state index in [1.165, 1.54) is 4.88 Å². The first-order chi connectivity index (χ1) is 8.96. The molecule has 1 aromatic heterocycles. The first-order valence-electron chi connectivity index (χ1n) is 6.85. The third kappa shape index (κ3) is 6.43. The van der Waals surface area contributed by atoms with Crippen molar-refractivity contribution in [3.63, 3.8) is 0 Å². The van der Waals surface area contributed by atoms with Crippen molar-refractivity contribution in [1.29, 1.82) is 0 Å². The molecule has 1 nitrogen and oxygen atoms in total. The lowest BCUT2D eigenvalue weighted by Crippen LogP contribution is -2.22. The number of alkyl halides is 3. The predicted molar refractivity (Wildman–Crippen MR) is 74.6 cm³/mol. The van der Waals surface area contributed by atoms with Crippen LogP contribution < -0.4 is 5.32 Å². The van der Waals surface area contributed by atoms with Gasteiger partial charge in [-0.05, 0) is 44.4 Å². The van der Waals surface area contributed by atoms with E-state index in [0.29, 0.717) is 6.42 Å². The highest BCUT2D eigenvalue weighted by Crippen LogP contribution is 2.30. The lowest BCUT2D eigenvalue weighted by atomic mass is 10.1. The summed E-state index contributed by atoms with van der Waals surface area (Å²) < 4.78 is 36.6. The smallest absolute Gasteiger partial charge is 0.309 e. The van der Waals surface area contributed by atoms with E-state index >= 15 is 0 Å². The fraction of sp³-hybridized carbons (Fsp3) is 0.714. The molecule has 0 amide bonds. The van der Waals surface area contributed by atoms with E-state index in [-0.39, 0.29) is 12.5 Å². The third-order valence-electron chi connectivity index (χ3n) is 2.97. The summed E-state index contributed by atoms with van der Waals surface area (Å²) in [6, 6.07) is 4.18. The van der Waals surface area contributed by atoms with Crippen molar-refractivity contribution in [2.75, 3.05) is 6.54 Å². The highest BCUT2D eigenvalue weighted by atomic mass is 32.1. The van der Waals surface area contributed by atoms with E-state index in [4.69, 9.17) is 0 Å². The zero-order valence-electron chi connectivity index (χ0n) is 11.5. The molecule has 1 heterocycles. The molecule has 1 unspecified atom stereocenters. The zero-order valence-corrected chi connectivity index (χ0v) is 12.3. The minimum absolute atomic E-state index is 0.0626. The van der Waals surface area contributed by atoms with Gasteiger partial charge in [-0.25, -0.2) is 0 Å². The molecule has 1 atom stereocenters. The van der Waals surface area contributed by atoms with Crippen LogP contribution in [0.3, 0.4) is 0 Å². The van der Waals surface area contributed by atoms with E-state index in [1.807, 2.05) is 6.07 Å². The molecule has 0 aliphatic carbocycles. The molecular formula is C14H22F3NS. The van der Waals surface area contributed by atoms with Gasteiger partial charge in [0.15, 0.2) is 0 Å². The summed E-state index contributed by atoms with van der Waals surface area (Å²) in [4.78, 5) is 2.45. The topological polar surface area (TPSA) is 12.0 Å². The molecule has 0 fully saturated rings. The Hall–Kier alpha value is -0.550. The molecule has 1 rings (SSSR count). The van der Waals surface area contributed by atoms with Crippen LogP contribution in [0.5, 0.6) is 0 Å². The second kappa shape index (κ2) is 7.90. The van der Waals surface area contributed by atoms with Gasteiger partial charge in [0.2, 0.25) is 0 Å². The Labute approximate surface area is 117 Å². The van der Waals surface area contributed by atoms with E-state index < -0.39 is 12.6 Å². The lowest BCUT2D eigenvalue weighted by molar-refractivity contribution is -0.135. The molecule has 1 N–H and O–H groups in total. The van der Waals surface area contributed by atoms with E-state index in [1.54, 1.807) is 11.3 Å². The van der Waals surface area contributed by atoms with Crippen LogP contribution in [0.4, 0.5) is 13.2 Å². The molecule has 19 heavy (non-hydrogen) atoms. The van der Waals surface area contributed by atoms with Gasteiger partial charge in [-0.2, -0.15) is 13.2 Å². The van der Waals surface area contributed by atoms with Crippen LogP contribution in [0.1, 0.15) is 55.3 Å². The number of nitrogens with one attached hydrogen (secondary N) is 1. The van der Waals surface area contributed by atoms with E-state index in [2.05, 4.69) is 25.2 Å². The number of thiophene rings is 1. The molecule has 0 aromatic carbocycles. The van der Waals surface area contributed by atoms with Gasteiger partial charge in [0.25, 0.3) is 0 Å². The van der Waals surface area contributed by atoms with Gasteiger partial charge < -0.3 is 5.32 Å². The number of hydrogen-bond acceptors (Lipinski definition) is 2. The summed E-state index contributed by atoms with van der Waals surface area (Å²) in [6.07, 6.45) is -2.04. The Bertz CT molecular complexity index is 360. The van der Waals surface area contributed by atoms with Gasteiger partial charge in [0, 0.05) is 22.2 Å². The molecule has 0 bridgehead atoms. The summed E-state index contributed by atoms with van der Waals surface area (Å²) in [5.74, 6) is 0. The number of rotatable bonds is 8. The Morgan fingerprint density at radius 3 is 2.53 bits per heavy atom. The van der Waals surface area contributed by atoms with Crippen molar-refractivity contribution < 1.29 is 13.2 Å². The maximum absolute atomic E-state index is 12.2. The van der Waals surface area contributed by atoms with Crippen LogP contribution in [0.2, 0.25) is 0 Å². The molecule has 110 valence electrons. The van der Waals surface area contributed by atoms with Gasteiger partial charge in [0.1, 0.15) is 0 Å². The summed E-state index contributed by atoms with van der Waals surface area (Å²) >= 11 is 1.71. The molecule has 0 aliphatic heterocycles. The van der Waals surface area contributed by atoms with Gasteiger partial charge in [-0.3, -0.25) is 0 Å². The molecule has 0 saturated carbocycles. The number of hydrogen-bond donors (Lipinski definition) is 1. The summed E-state index contributed by atoms with van der Waals surface area (Å²) in [5, 5.41) is 3.35. The minimum Gasteiger partial charge on any atom is -0.309 e. The van der Waals surface area contributed by atoms with Crippen LogP contribution in [0, 0.1) is 0 Å². The van der Waals surface area contributed by atoms with Gasteiger partial charge in [-0.1, -0.05) is 13.8 Å². The van der Waals surface area contributed by atoms with Crippen LogP contribution in [-0.2, 0) is 6.42 Å². The quantitative estimate of drug-likeness (QED) is 0.704. The Balaban J connectivity index is 2.55. The standard InChI is InChI=1S/C14H22F3NS/c1-3-10-18-12(6-5-9-14(15,16)17)13-8-7-11(4-2)19-13/h7-8,12,18H,3-6,9-10H2,1-2H3. The fourth-order valence-electron chi connectivity index (χ4n) is 1.94. The third-order valence-corrected chi connectivity index (χ3v) is 4.31. The predicted octanol–water partition coefficient (Wildman–Crippen LogP) is 5.08. The summed E-state index contributed by atoms with van der Waals surface area (Å²) in [5.41, 5.74) is 0. The largest absolute Gasteiger partial charge is 0.389 e. The first kappa shape index (κ1) is 16.5. The molecule has 0 aliphatic rings. The van der Waals surface area contributed by atoms with Crippen molar-refractivity contribution in [2.24, 2.45) is 0 Å². The number of aryl methyl sites for hydroxylation is 1. The van der Waals surface area contributed by atoms with Crippen molar-refractivity contribution in [3.05, 3.63) is 21.9 Å². The Morgan fingerprint density at radius 2 is 2.00 bits per heavy atom. The average Bonchev–Trinajstić information content (AvgIpc) is 2.80. The van der Waals surface area contributed by atoms with Crippen LogP contribution >= 0.6 is 11.3 Å². The summed E-state index contributed by atoms with van der Waals surface area (Å²) in [6.45, 7) is 5.00. The van der Waals surface area contributed by atoms with Crippen molar-refractivity contribution >= 4 is 11.3 Å². The van der Waals surface area contributed by atoms with Gasteiger partial charge in [0.05, 0.1) is 0 Å². The second-order valence-corrected chi connectivity index (χ2v) is 5.87. The molecular weight excluding hydrogens is 271 g/mol. The van der Waals surface area contributed by atoms with Crippen molar-refractivity contribution in [2.45, 2.75) is 58.2 Å². The van der Waals surface area contributed by atoms with Crippen LogP contribution in [-0.4, -0.2) is 12.7 Å². The Kier molecular flexibility index (Phi) is 6.86. The highest BCUT2D eigenvalue weighted by Gasteiger charge is 2.27. The fourth-order valence-corrected chi connectivity index (χ4v) is 3.00. The maximum atomic E-state index is 12.2. The molecule has 5 heteroatoms. The highest BCUT2D eigenvalue weighted by molar-refractivity contribution is 7.12. The minimum atomic E-state index is -4.04. The number of halogens is 3. The Morgan fingerprint density at radius 1 is 1.26 bits per heavy atom. The van der Waals surface area contributed by atoms with Gasteiger partial charge >= 0.3 is 6.18 Å². The molecule has 0 saturated heterocycles. The first-order valence-corrected chi connectivity index (χ1v) is 7.66. The SMILES string of the molecule is CCCNC(CCCC(F)(F)F)c1ccc(CC)s1. The maximum Gasteiger partial charge on any atom is 0.389 e. The monoisotopic (exact) mass is 293 g/mol.